The minimum atomic E-state index is -4.64. The van der Waals surface area contributed by atoms with E-state index in [9.17, 15) is 22.8 Å². The molecule has 0 saturated carbocycles. The van der Waals surface area contributed by atoms with Crippen molar-refractivity contribution in [1.29, 1.82) is 0 Å². The summed E-state index contributed by atoms with van der Waals surface area (Å²) in [7, 11) is 0. The molecule has 1 N–H and O–H groups in total. The molecule has 0 saturated heterocycles. The molecule has 1 amide bonds. The number of alkyl halides is 3. The van der Waals surface area contributed by atoms with E-state index in [2.05, 4.69) is 0 Å². The summed E-state index contributed by atoms with van der Waals surface area (Å²) in [6.45, 7) is -1.10. The van der Waals surface area contributed by atoms with Crippen LogP contribution >= 0.6 is 0 Å². The topological polar surface area (TPSA) is 57.6 Å². The summed E-state index contributed by atoms with van der Waals surface area (Å²) in [4.78, 5) is 22.9. The van der Waals surface area contributed by atoms with E-state index in [4.69, 9.17) is 5.11 Å². The fraction of sp³-hybridized carbons (Fsp3) is 0.385. The lowest BCUT2D eigenvalue weighted by Gasteiger charge is -2.25. The van der Waals surface area contributed by atoms with Gasteiger partial charge >= 0.3 is 12.1 Å². The van der Waals surface area contributed by atoms with Crippen molar-refractivity contribution in [1.82, 2.24) is 4.90 Å². The van der Waals surface area contributed by atoms with Crippen molar-refractivity contribution in [2.45, 2.75) is 19.0 Å². The predicted octanol–water partition coefficient (Wildman–Crippen LogP) is 2.27. The Morgan fingerprint density at radius 3 is 2.25 bits per heavy atom. The summed E-state index contributed by atoms with van der Waals surface area (Å²) in [5.41, 5.74) is 0.537. The summed E-state index contributed by atoms with van der Waals surface area (Å²) in [5.74, 6) is -3.18. The second kappa shape index (κ2) is 6.40. The molecule has 0 bridgehead atoms. The molecule has 0 spiro atoms. The standard InChI is InChI=1S/C13H14F3NO3/c1-9(10-5-3-2-4-6-10)12(20)17(7-11(18)19)8-13(14,15)16/h2-6,9H,7-8H2,1H3,(H,18,19). The van der Waals surface area contributed by atoms with Gasteiger partial charge < -0.3 is 10.0 Å². The van der Waals surface area contributed by atoms with E-state index in [0.717, 1.165) is 0 Å². The van der Waals surface area contributed by atoms with Crippen molar-refractivity contribution in [3.05, 3.63) is 35.9 Å². The quantitative estimate of drug-likeness (QED) is 0.904. The number of carbonyl (C=O) groups excluding carboxylic acids is 1. The maximum atomic E-state index is 12.4. The Morgan fingerprint density at radius 2 is 1.80 bits per heavy atom. The molecule has 4 nitrogen and oxygen atoms in total. The average Bonchev–Trinajstić information content (AvgIpc) is 2.35. The van der Waals surface area contributed by atoms with Gasteiger partial charge in [-0.3, -0.25) is 9.59 Å². The normalized spacial score (nSPS) is 12.8. The molecule has 20 heavy (non-hydrogen) atoms. The molecule has 7 heteroatoms. The van der Waals surface area contributed by atoms with Crippen LogP contribution in [0.25, 0.3) is 0 Å². The number of hydrogen-bond donors (Lipinski definition) is 1. The Labute approximate surface area is 113 Å². The van der Waals surface area contributed by atoms with Gasteiger partial charge in [0.25, 0.3) is 0 Å². The minimum Gasteiger partial charge on any atom is -0.480 e. The zero-order valence-electron chi connectivity index (χ0n) is 10.7. The summed E-state index contributed by atoms with van der Waals surface area (Å²) >= 11 is 0. The fourth-order valence-corrected chi connectivity index (χ4v) is 1.75. The van der Waals surface area contributed by atoms with Crippen LogP contribution in [-0.2, 0) is 9.59 Å². The number of benzene rings is 1. The first-order valence-corrected chi connectivity index (χ1v) is 5.83. The molecule has 0 aliphatic carbocycles. The lowest BCUT2D eigenvalue weighted by atomic mass is 10.00. The van der Waals surface area contributed by atoms with Crippen LogP contribution in [0.2, 0.25) is 0 Å². The molecule has 1 atom stereocenters. The van der Waals surface area contributed by atoms with Crippen LogP contribution in [0, 0.1) is 0 Å². The molecule has 0 aliphatic rings. The lowest BCUT2D eigenvalue weighted by molar-refractivity contribution is -0.166. The summed E-state index contributed by atoms with van der Waals surface area (Å²) in [5, 5.41) is 8.62. The van der Waals surface area contributed by atoms with Crippen LogP contribution in [0.4, 0.5) is 13.2 Å². The van der Waals surface area contributed by atoms with Gasteiger partial charge in [0.05, 0.1) is 5.92 Å². The van der Waals surface area contributed by atoms with E-state index < -0.39 is 37.1 Å². The summed E-state index contributed by atoms with van der Waals surface area (Å²) < 4.78 is 37.2. The molecule has 0 radical (unpaired) electrons. The van der Waals surface area contributed by atoms with Crippen LogP contribution in [0.5, 0.6) is 0 Å². The predicted molar refractivity (Wildman–Crippen MR) is 65.1 cm³/mol. The Balaban J connectivity index is 2.89. The molecule has 0 aromatic heterocycles. The average molecular weight is 289 g/mol. The second-order valence-electron chi connectivity index (χ2n) is 4.34. The highest BCUT2D eigenvalue weighted by atomic mass is 19.4. The Kier molecular flexibility index (Phi) is 5.12. The van der Waals surface area contributed by atoms with Crippen molar-refractivity contribution in [2.75, 3.05) is 13.1 Å². The Morgan fingerprint density at radius 1 is 1.25 bits per heavy atom. The van der Waals surface area contributed by atoms with Gasteiger partial charge in [-0.05, 0) is 12.5 Å². The van der Waals surface area contributed by atoms with Crippen molar-refractivity contribution in [3.8, 4) is 0 Å². The van der Waals surface area contributed by atoms with E-state index >= 15 is 0 Å². The maximum absolute atomic E-state index is 12.4. The van der Waals surface area contributed by atoms with Gasteiger partial charge in [-0.15, -0.1) is 0 Å². The number of carbonyl (C=O) groups is 2. The van der Waals surface area contributed by atoms with Gasteiger partial charge in [0.2, 0.25) is 5.91 Å². The smallest absolute Gasteiger partial charge is 0.406 e. The van der Waals surface area contributed by atoms with E-state index in [0.29, 0.717) is 10.5 Å². The third kappa shape index (κ3) is 4.91. The van der Waals surface area contributed by atoms with Gasteiger partial charge in [0.15, 0.2) is 0 Å². The molecular weight excluding hydrogens is 275 g/mol. The first-order valence-electron chi connectivity index (χ1n) is 5.83. The van der Waals surface area contributed by atoms with Gasteiger partial charge in [0, 0.05) is 0 Å². The monoisotopic (exact) mass is 289 g/mol. The van der Waals surface area contributed by atoms with E-state index in [-0.39, 0.29) is 0 Å². The van der Waals surface area contributed by atoms with Gasteiger partial charge in [-0.25, -0.2) is 0 Å². The first kappa shape index (κ1) is 16.0. The van der Waals surface area contributed by atoms with E-state index in [1.807, 2.05) is 0 Å². The minimum absolute atomic E-state index is 0.306. The van der Waals surface area contributed by atoms with Crippen LogP contribution in [0.3, 0.4) is 0 Å². The zero-order chi connectivity index (χ0) is 15.3. The highest BCUT2D eigenvalue weighted by molar-refractivity contribution is 5.86. The van der Waals surface area contributed by atoms with Gasteiger partial charge in [0.1, 0.15) is 13.1 Å². The third-order valence-corrected chi connectivity index (χ3v) is 2.68. The zero-order valence-corrected chi connectivity index (χ0v) is 10.7. The van der Waals surface area contributed by atoms with Crippen molar-refractivity contribution >= 4 is 11.9 Å². The second-order valence-corrected chi connectivity index (χ2v) is 4.34. The van der Waals surface area contributed by atoms with Crippen LogP contribution < -0.4 is 0 Å². The number of rotatable bonds is 5. The number of nitrogens with zero attached hydrogens (tertiary/aromatic N) is 1. The fourth-order valence-electron chi connectivity index (χ4n) is 1.75. The molecule has 1 rings (SSSR count). The maximum Gasteiger partial charge on any atom is 0.406 e. The lowest BCUT2D eigenvalue weighted by Crippen LogP contribution is -2.43. The highest BCUT2D eigenvalue weighted by Gasteiger charge is 2.35. The van der Waals surface area contributed by atoms with E-state index in [1.165, 1.54) is 6.92 Å². The van der Waals surface area contributed by atoms with Crippen molar-refractivity contribution in [2.24, 2.45) is 0 Å². The molecule has 0 aliphatic heterocycles. The number of carboxylic acid groups (broad SMARTS) is 1. The van der Waals surface area contributed by atoms with E-state index in [1.54, 1.807) is 30.3 Å². The number of aliphatic carboxylic acids is 1. The molecule has 1 aromatic rings. The molecule has 1 aromatic carbocycles. The van der Waals surface area contributed by atoms with Gasteiger partial charge in [-0.1, -0.05) is 30.3 Å². The summed E-state index contributed by atoms with van der Waals surface area (Å²) in [6, 6.07) is 8.24. The highest BCUT2D eigenvalue weighted by Crippen LogP contribution is 2.22. The Bertz CT molecular complexity index is 473. The largest absolute Gasteiger partial charge is 0.480 e. The van der Waals surface area contributed by atoms with Crippen molar-refractivity contribution < 1.29 is 27.9 Å². The number of hydrogen-bond acceptors (Lipinski definition) is 2. The van der Waals surface area contributed by atoms with Crippen LogP contribution in [0.15, 0.2) is 30.3 Å². The number of halogens is 3. The first-order chi connectivity index (χ1) is 9.20. The summed E-state index contributed by atoms with van der Waals surface area (Å²) in [6.07, 6.45) is -4.64. The number of amides is 1. The molecule has 0 fully saturated rings. The SMILES string of the molecule is CC(C(=O)N(CC(=O)O)CC(F)(F)F)c1ccccc1. The van der Waals surface area contributed by atoms with Crippen LogP contribution in [0.1, 0.15) is 18.4 Å². The molecule has 110 valence electrons. The number of carboxylic acids is 1. The third-order valence-electron chi connectivity index (χ3n) is 2.68. The molecule has 1 unspecified atom stereocenters. The van der Waals surface area contributed by atoms with Crippen molar-refractivity contribution in [3.63, 3.8) is 0 Å². The molecule has 0 heterocycles. The Hall–Kier alpha value is -2.05. The molecular formula is C13H14F3NO3. The van der Waals surface area contributed by atoms with Gasteiger partial charge in [-0.2, -0.15) is 13.2 Å². The van der Waals surface area contributed by atoms with Crippen LogP contribution in [-0.4, -0.2) is 41.1 Å².